The maximum atomic E-state index is 6.03. The molecule has 2 aliphatic rings. The topological polar surface area (TPSA) is 64.7 Å². The molecule has 0 unspecified atom stereocenters. The van der Waals surface area contributed by atoms with Gasteiger partial charge in [0.15, 0.2) is 23.1 Å². The van der Waals surface area contributed by atoms with Crippen molar-refractivity contribution in [3.05, 3.63) is 131 Å². The van der Waals surface area contributed by atoms with Crippen molar-refractivity contribution in [1.82, 2.24) is 19.9 Å². The Bertz CT molecular complexity index is 2330. The second-order valence-corrected chi connectivity index (χ2v) is 12.1. The number of hydrogen-bond acceptors (Lipinski definition) is 5. The number of oxazole rings is 1. The predicted octanol–water partition coefficient (Wildman–Crippen LogP) is 9.18. The van der Waals surface area contributed by atoms with Gasteiger partial charge in [0.25, 0.3) is 0 Å². The lowest BCUT2D eigenvalue weighted by atomic mass is 9.98. The van der Waals surface area contributed by atoms with Gasteiger partial charge in [0.05, 0.1) is 0 Å². The summed E-state index contributed by atoms with van der Waals surface area (Å²) in [6.45, 7) is 0. The van der Waals surface area contributed by atoms with Gasteiger partial charge in [0.1, 0.15) is 5.52 Å². The van der Waals surface area contributed by atoms with Crippen LogP contribution in [0.1, 0.15) is 22.3 Å². The van der Waals surface area contributed by atoms with Crippen molar-refractivity contribution in [1.29, 1.82) is 0 Å². The van der Waals surface area contributed by atoms with Crippen LogP contribution in [0.2, 0.25) is 0 Å². The zero-order chi connectivity index (χ0) is 29.5. The molecule has 212 valence electrons. The Hall–Kier alpha value is -5.68. The summed E-state index contributed by atoms with van der Waals surface area (Å²) >= 11 is 0. The van der Waals surface area contributed by atoms with Crippen molar-refractivity contribution in [3.63, 3.8) is 0 Å². The van der Waals surface area contributed by atoms with Gasteiger partial charge < -0.3 is 4.42 Å². The average molecular weight is 579 g/mol. The van der Waals surface area contributed by atoms with Crippen LogP contribution in [0.4, 0.5) is 0 Å². The first kappa shape index (κ1) is 24.7. The van der Waals surface area contributed by atoms with Gasteiger partial charge in [-0.1, -0.05) is 84.9 Å². The van der Waals surface area contributed by atoms with E-state index in [-0.39, 0.29) is 0 Å². The molecule has 0 saturated heterocycles. The van der Waals surface area contributed by atoms with Crippen molar-refractivity contribution in [2.75, 3.05) is 0 Å². The summed E-state index contributed by atoms with van der Waals surface area (Å²) in [6.07, 6.45) is 4.32. The molecule has 8 aromatic rings. The van der Waals surface area contributed by atoms with Crippen LogP contribution in [-0.2, 0) is 25.7 Å². The Morgan fingerprint density at radius 1 is 0.422 bits per heavy atom. The fraction of sp³-hybridized carbons (Fsp3) is 0.100. The first-order valence-corrected chi connectivity index (χ1v) is 15.6. The monoisotopic (exact) mass is 578 g/mol. The Morgan fingerprint density at radius 2 is 0.956 bits per heavy atom. The molecule has 45 heavy (non-hydrogen) atoms. The highest BCUT2D eigenvalue weighted by molar-refractivity contribution is 6.02. The Morgan fingerprint density at radius 3 is 1.56 bits per heavy atom. The van der Waals surface area contributed by atoms with Gasteiger partial charge in [-0.3, -0.25) is 0 Å². The smallest absolute Gasteiger partial charge is 0.227 e. The minimum atomic E-state index is 0.598. The Kier molecular flexibility index (Phi) is 5.17. The van der Waals surface area contributed by atoms with E-state index in [9.17, 15) is 0 Å². The number of para-hydroxylation sites is 2. The number of fused-ring (bicyclic) bond motifs is 1. The van der Waals surface area contributed by atoms with Gasteiger partial charge in [-0.05, 0) is 93.7 Å². The van der Waals surface area contributed by atoms with Crippen molar-refractivity contribution in [2.24, 2.45) is 0 Å². The zero-order valence-corrected chi connectivity index (χ0v) is 24.4. The second kappa shape index (κ2) is 9.41. The van der Waals surface area contributed by atoms with Crippen LogP contribution in [0.5, 0.6) is 0 Å². The fourth-order valence-electron chi connectivity index (χ4n) is 7.39. The molecular weight excluding hydrogens is 552 g/mol. The molecule has 0 amide bonds. The van der Waals surface area contributed by atoms with Gasteiger partial charge >= 0.3 is 0 Å². The first-order chi connectivity index (χ1) is 22.3. The van der Waals surface area contributed by atoms with E-state index in [1.54, 1.807) is 0 Å². The predicted molar refractivity (Wildman–Crippen MR) is 179 cm³/mol. The van der Waals surface area contributed by atoms with E-state index in [2.05, 4.69) is 65.6 Å². The third kappa shape index (κ3) is 3.80. The quantitative estimate of drug-likeness (QED) is 0.208. The molecule has 0 N–H and O–H groups in total. The molecule has 0 fully saturated rings. The van der Waals surface area contributed by atoms with Crippen LogP contribution in [0.15, 0.2) is 114 Å². The molecule has 6 aromatic carbocycles. The van der Waals surface area contributed by atoms with Crippen molar-refractivity contribution in [2.45, 2.75) is 25.7 Å². The molecule has 0 spiro atoms. The van der Waals surface area contributed by atoms with E-state index in [0.717, 1.165) is 59.0 Å². The minimum absolute atomic E-state index is 0.598. The third-order valence-corrected chi connectivity index (χ3v) is 9.55. The van der Waals surface area contributed by atoms with Gasteiger partial charge in [-0.2, -0.15) is 0 Å². The van der Waals surface area contributed by atoms with E-state index < -0.39 is 0 Å². The molecule has 2 heterocycles. The van der Waals surface area contributed by atoms with Crippen LogP contribution >= 0.6 is 0 Å². The summed E-state index contributed by atoms with van der Waals surface area (Å²) in [5.41, 5.74) is 11.1. The van der Waals surface area contributed by atoms with Crippen molar-refractivity contribution in [3.8, 4) is 45.6 Å². The SMILES string of the molecule is c1ccc2oc(-c3ccc(-c4nc(-c5ccc6c7c(cccc57)CC6)nc(-c5ccc6c7c(cccc57)CC6)n4)cc3)nc2c1. The van der Waals surface area contributed by atoms with E-state index in [1.807, 2.05) is 48.5 Å². The van der Waals surface area contributed by atoms with Crippen LogP contribution in [0.3, 0.4) is 0 Å². The Labute approximate surface area is 259 Å². The summed E-state index contributed by atoms with van der Waals surface area (Å²) in [7, 11) is 0. The number of benzene rings is 6. The highest BCUT2D eigenvalue weighted by atomic mass is 16.3. The lowest BCUT2D eigenvalue weighted by Gasteiger charge is -2.13. The molecule has 0 bridgehead atoms. The molecular formula is C40H26N4O. The van der Waals surface area contributed by atoms with Gasteiger partial charge in [0, 0.05) is 22.3 Å². The van der Waals surface area contributed by atoms with Crippen molar-refractivity contribution >= 4 is 32.6 Å². The number of aryl methyl sites for hydroxylation is 4. The van der Waals surface area contributed by atoms with E-state index >= 15 is 0 Å². The molecule has 0 atom stereocenters. The molecule has 0 aliphatic heterocycles. The minimum Gasteiger partial charge on any atom is -0.436 e. The lowest BCUT2D eigenvalue weighted by Crippen LogP contribution is -2.01. The fourth-order valence-corrected chi connectivity index (χ4v) is 7.39. The number of nitrogens with zero attached hydrogens (tertiary/aromatic N) is 4. The summed E-state index contributed by atoms with van der Waals surface area (Å²) in [6, 6.07) is 38.1. The first-order valence-electron chi connectivity index (χ1n) is 15.6. The van der Waals surface area contributed by atoms with Crippen LogP contribution in [0, 0.1) is 0 Å². The van der Waals surface area contributed by atoms with E-state index in [4.69, 9.17) is 19.4 Å². The molecule has 2 aliphatic carbocycles. The van der Waals surface area contributed by atoms with E-state index in [1.165, 1.54) is 43.8 Å². The van der Waals surface area contributed by atoms with Gasteiger partial charge in [0.2, 0.25) is 5.89 Å². The highest BCUT2D eigenvalue weighted by Crippen LogP contribution is 2.39. The Balaban J connectivity index is 1.17. The number of aromatic nitrogens is 4. The maximum Gasteiger partial charge on any atom is 0.227 e. The zero-order valence-electron chi connectivity index (χ0n) is 24.4. The summed E-state index contributed by atoms with van der Waals surface area (Å²) in [4.78, 5) is 20.1. The summed E-state index contributed by atoms with van der Waals surface area (Å²) in [5.74, 6) is 2.62. The van der Waals surface area contributed by atoms with Crippen LogP contribution in [0.25, 0.3) is 78.3 Å². The lowest BCUT2D eigenvalue weighted by molar-refractivity contribution is 0.620. The van der Waals surface area contributed by atoms with Crippen LogP contribution in [-0.4, -0.2) is 19.9 Å². The molecule has 0 saturated carbocycles. The van der Waals surface area contributed by atoms with Gasteiger partial charge in [-0.15, -0.1) is 0 Å². The molecule has 0 radical (unpaired) electrons. The normalized spacial score (nSPS) is 13.4. The largest absolute Gasteiger partial charge is 0.436 e. The molecule has 10 rings (SSSR count). The molecule has 2 aromatic heterocycles. The second-order valence-electron chi connectivity index (χ2n) is 12.1. The molecule has 5 nitrogen and oxygen atoms in total. The average Bonchev–Trinajstić information content (AvgIpc) is 3.84. The van der Waals surface area contributed by atoms with Crippen LogP contribution < -0.4 is 0 Å². The highest BCUT2D eigenvalue weighted by Gasteiger charge is 2.22. The van der Waals surface area contributed by atoms with E-state index in [0.29, 0.717) is 23.4 Å². The standard InChI is InChI=1S/C40H26N4O/c1-2-10-34-33(9-1)41-40(45-34)28-17-15-27(16-18-28)37-42-38(31-21-19-25-13-11-23-5-3-7-29(31)35(23)25)44-39(43-37)32-22-20-26-14-12-24-6-4-8-30(32)36(24)26/h1-10,15-22H,11-14H2. The third-order valence-electron chi connectivity index (χ3n) is 9.55. The summed E-state index contributed by atoms with van der Waals surface area (Å²) < 4.78 is 6.03. The summed E-state index contributed by atoms with van der Waals surface area (Å²) in [5, 5.41) is 5.12. The number of hydrogen-bond donors (Lipinski definition) is 0. The maximum absolute atomic E-state index is 6.03. The molecule has 5 heteroatoms. The van der Waals surface area contributed by atoms with Gasteiger partial charge in [-0.25, -0.2) is 19.9 Å². The van der Waals surface area contributed by atoms with Crippen molar-refractivity contribution < 1.29 is 4.42 Å². The number of rotatable bonds is 4.